The second-order valence-electron chi connectivity index (χ2n) is 4.78. The van der Waals surface area contributed by atoms with E-state index in [1.165, 1.54) is 6.07 Å². The average molecular weight is 362 g/mol. The van der Waals surface area contributed by atoms with E-state index in [0.717, 1.165) is 21.9 Å². The number of rotatable bonds is 4. The van der Waals surface area contributed by atoms with Gasteiger partial charge in [-0.15, -0.1) is 0 Å². The first kappa shape index (κ1) is 16.0. The van der Waals surface area contributed by atoms with Crippen LogP contribution in [0.2, 0.25) is 0 Å². The van der Waals surface area contributed by atoms with Gasteiger partial charge in [0.2, 0.25) is 0 Å². The second kappa shape index (κ2) is 6.19. The maximum atomic E-state index is 13.9. The first-order valence-electron chi connectivity index (χ1n) is 6.35. The van der Waals surface area contributed by atoms with Gasteiger partial charge in [0, 0.05) is 25.1 Å². The minimum absolute atomic E-state index is 0.0853. The molecular formula is C14H15BrF3N3. The number of benzene rings is 1. The summed E-state index contributed by atoms with van der Waals surface area (Å²) in [6.07, 6.45) is 0.385. The molecule has 0 fully saturated rings. The predicted octanol–water partition coefficient (Wildman–Crippen LogP) is 3.41. The van der Waals surface area contributed by atoms with Gasteiger partial charge in [0.25, 0.3) is 0 Å². The molecule has 7 heteroatoms. The SMILES string of the molecule is CNC(Cc1c(Br)c(C)nn1C)c1ccc(F)c(F)c1F. The maximum absolute atomic E-state index is 13.9. The highest BCUT2D eigenvalue weighted by Gasteiger charge is 2.22. The first-order valence-corrected chi connectivity index (χ1v) is 7.14. The number of aryl methyl sites for hydroxylation is 2. The summed E-state index contributed by atoms with van der Waals surface area (Å²) in [4.78, 5) is 0. The first-order chi connectivity index (χ1) is 9.86. The molecule has 3 nitrogen and oxygen atoms in total. The van der Waals surface area contributed by atoms with E-state index in [1.807, 2.05) is 6.92 Å². The fourth-order valence-corrected chi connectivity index (χ4v) is 2.77. The van der Waals surface area contributed by atoms with E-state index in [0.29, 0.717) is 6.42 Å². The number of hydrogen-bond donors (Lipinski definition) is 1. The van der Waals surface area contributed by atoms with Crippen molar-refractivity contribution in [2.75, 3.05) is 7.05 Å². The molecule has 2 aromatic rings. The molecule has 1 aromatic heterocycles. The molecule has 0 aliphatic carbocycles. The zero-order chi connectivity index (χ0) is 15.7. The number of nitrogens with one attached hydrogen (secondary N) is 1. The van der Waals surface area contributed by atoms with E-state index in [-0.39, 0.29) is 5.56 Å². The Labute approximate surface area is 129 Å². The number of likely N-dealkylation sites (N-methyl/N-ethyl adjacent to an activating group) is 1. The van der Waals surface area contributed by atoms with E-state index >= 15 is 0 Å². The summed E-state index contributed by atoms with van der Waals surface area (Å²) in [5.41, 5.74) is 1.74. The zero-order valence-corrected chi connectivity index (χ0v) is 13.4. The van der Waals surface area contributed by atoms with Gasteiger partial charge < -0.3 is 5.32 Å². The van der Waals surface area contributed by atoms with E-state index in [9.17, 15) is 13.2 Å². The summed E-state index contributed by atoms with van der Waals surface area (Å²) in [6.45, 7) is 1.85. The molecule has 0 spiro atoms. The standard InChI is InChI=1S/C14H15BrF3N3/c1-7-12(15)11(21(3)20-7)6-10(19-2)8-4-5-9(16)14(18)13(8)17/h4-5,10,19H,6H2,1-3H3. The van der Waals surface area contributed by atoms with E-state index in [1.54, 1.807) is 18.8 Å². The highest BCUT2D eigenvalue weighted by molar-refractivity contribution is 9.10. The van der Waals surface area contributed by atoms with Crippen molar-refractivity contribution in [3.8, 4) is 0 Å². The largest absolute Gasteiger partial charge is 0.313 e. The van der Waals surface area contributed by atoms with Gasteiger partial charge in [-0.05, 0) is 36.0 Å². The molecule has 0 bridgehead atoms. The zero-order valence-electron chi connectivity index (χ0n) is 11.8. The molecule has 1 aromatic carbocycles. The highest BCUT2D eigenvalue weighted by Crippen LogP contribution is 2.28. The van der Waals surface area contributed by atoms with Crippen LogP contribution in [0.1, 0.15) is 23.0 Å². The van der Waals surface area contributed by atoms with E-state index < -0.39 is 23.5 Å². The minimum Gasteiger partial charge on any atom is -0.313 e. The third-order valence-electron chi connectivity index (χ3n) is 3.45. The van der Waals surface area contributed by atoms with Crippen LogP contribution in [-0.2, 0) is 13.5 Å². The Morgan fingerprint density at radius 3 is 2.48 bits per heavy atom. The molecule has 1 N–H and O–H groups in total. The monoisotopic (exact) mass is 361 g/mol. The summed E-state index contributed by atoms with van der Waals surface area (Å²) in [5, 5.41) is 7.19. The maximum Gasteiger partial charge on any atom is 0.194 e. The van der Waals surface area contributed by atoms with Crippen molar-refractivity contribution < 1.29 is 13.2 Å². The highest BCUT2D eigenvalue weighted by atomic mass is 79.9. The molecule has 0 aliphatic rings. The van der Waals surface area contributed by atoms with Crippen molar-refractivity contribution >= 4 is 15.9 Å². The molecule has 1 atom stereocenters. The lowest BCUT2D eigenvalue weighted by molar-refractivity contribution is 0.427. The number of halogens is 4. The summed E-state index contributed by atoms with van der Waals surface area (Å²) < 4.78 is 42.8. The molecule has 0 saturated heterocycles. The van der Waals surface area contributed by atoms with Crippen molar-refractivity contribution in [2.24, 2.45) is 7.05 Å². The van der Waals surface area contributed by atoms with Crippen molar-refractivity contribution in [1.29, 1.82) is 0 Å². The van der Waals surface area contributed by atoms with Crippen molar-refractivity contribution in [1.82, 2.24) is 15.1 Å². The third kappa shape index (κ3) is 2.98. The van der Waals surface area contributed by atoms with E-state index in [4.69, 9.17) is 0 Å². The lowest BCUT2D eigenvalue weighted by Gasteiger charge is -2.18. The molecule has 114 valence electrons. The van der Waals surface area contributed by atoms with Crippen LogP contribution >= 0.6 is 15.9 Å². The molecule has 2 rings (SSSR count). The second-order valence-corrected chi connectivity index (χ2v) is 5.57. The quantitative estimate of drug-likeness (QED) is 0.845. The summed E-state index contributed by atoms with van der Waals surface area (Å²) in [5.74, 6) is -3.80. The van der Waals surface area contributed by atoms with Crippen LogP contribution in [-0.4, -0.2) is 16.8 Å². The van der Waals surface area contributed by atoms with Gasteiger partial charge >= 0.3 is 0 Å². The van der Waals surface area contributed by atoms with Gasteiger partial charge in [-0.3, -0.25) is 4.68 Å². The molecule has 0 amide bonds. The topological polar surface area (TPSA) is 29.9 Å². The van der Waals surface area contributed by atoms with Crippen molar-refractivity contribution in [3.63, 3.8) is 0 Å². The van der Waals surface area contributed by atoms with Gasteiger partial charge in [0.15, 0.2) is 17.5 Å². The minimum atomic E-state index is -1.45. The van der Waals surface area contributed by atoms with Crippen LogP contribution < -0.4 is 5.32 Å². The molecule has 21 heavy (non-hydrogen) atoms. The Kier molecular flexibility index (Phi) is 4.73. The van der Waals surface area contributed by atoms with Crippen molar-refractivity contribution in [2.45, 2.75) is 19.4 Å². The Hall–Kier alpha value is -1.34. The third-order valence-corrected chi connectivity index (χ3v) is 4.48. The normalized spacial score (nSPS) is 12.7. The molecule has 0 radical (unpaired) electrons. The van der Waals surface area contributed by atoms with Gasteiger partial charge in [0.1, 0.15) is 0 Å². The van der Waals surface area contributed by atoms with Crippen LogP contribution in [0.5, 0.6) is 0 Å². The summed E-state index contributed by atoms with van der Waals surface area (Å²) >= 11 is 3.44. The smallest absolute Gasteiger partial charge is 0.194 e. The van der Waals surface area contributed by atoms with Crippen LogP contribution in [0.25, 0.3) is 0 Å². The van der Waals surface area contributed by atoms with Crippen LogP contribution in [0.4, 0.5) is 13.2 Å². The van der Waals surface area contributed by atoms with Gasteiger partial charge in [-0.1, -0.05) is 6.07 Å². The summed E-state index contributed by atoms with van der Waals surface area (Å²) in [6, 6.07) is 1.69. The Bertz CT molecular complexity index is 670. The fraction of sp³-hybridized carbons (Fsp3) is 0.357. The Balaban J connectivity index is 2.39. The molecule has 0 aliphatic heterocycles. The van der Waals surface area contributed by atoms with Gasteiger partial charge in [0.05, 0.1) is 15.9 Å². The van der Waals surface area contributed by atoms with Gasteiger partial charge in [-0.2, -0.15) is 5.10 Å². The average Bonchev–Trinajstić information content (AvgIpc) is 2.69. The molecular weight excluding hydrogens is 347 g/mol. The number of hydrogen-bond acceptors (Lipinski definition) is 2. The van der Waals surface area contributed by atoms with Crippen LogP contribution in [0.3, 0.4) is 0 Å². The Morgan fingerprint density at radius 2 is 1.95 bits per heavy atom. The van der Waals surface area contributed by atoms with Gasteiger partial charge in [-0.25, -0.2) is 13.2 Å². The Morgan fingerprint density at radius 1 is 1.29 bits per heavy atom. The number of nitrogens with zero attached hydrogens (tertiary/aromatic N) is 2. The predicted molar refractivity (Wildman–Crippen MR) is 77.5 cm³/mol. The molecule has 1 heterocycles. The fourth-order valence-electron chi connectivity index (χ4n) is 2.27. The van der Waals surface area contributed by atoms with Crippen LogP contribution in [0, 0.1) is 24.4 Å². The number of aromatic nitrogens is 2. The lowest BCUT2D eigenvalue weighted by Crippen LogP contribution is -2.22. The summed E-state index contributed by atoms with van der Waals surface area (Å²) in [7, 11) is 3.42. The van der Waals surface area contributed by atoms with Crippen molar-refractivity contribution in [3.05, 3.63) is 51.0 Å². The van der Waals surface area contributed by atoms with Crippen LogP contribution in [0.15, 0.2) is 16.6 Å². The molecule has 0 saturated carbocycles. The lowest BCUT2D eigenvalue weighted by atomic mass is 10.0. The molecule has 1 unspecified atom stereocenters. The van der Waals surface area contributed by atoms with E-state index in [2.05, 4.69) is 26.3 Å².